The van der Waals surface area contributed by atoms with Gasteiger partial charge in [0.05, 0.1) is 18.2 Å². The summed E-state index contributed by atoms with van der Waals surface area (Å²) in [6.07, 6.45) is -1.19. The molecule has 0 bridgehead atoms. The zero-order valence-corrected chi connectivity index (χ0v) is 23.4. The second kappa shape index (κ2) is 10.1. The molecule has 1 amide bonds. The number of aliphatic hydroxyl groups excluding tert-OH is 1. The van der Waals surface area contributed by atoms with E-state index in [2.05, 4.69) is 4.98 Å². The average molecular weight is 559 g/mol. The summed E-state index contributed by atoms with van der Waals surface area (Å²) in [7, 11) is 0. The number of aliphatic hydroxyl groups is 1. The molecule has 5 rings (SSSR count). The van der Waals surface area contributed by atoms with E-state index in [0.717, 1.165) is 11.6 Å². The van der Waals surface area contributed by atoms with Crippen LogP contribution in [0, 0.1) is 18.6 Å². The van der Waals surface area contributed by atoms with Gasteiger partial charge in [-0.2, -0.15) is 4.98 Å². The van der Waals surface area contributed by atoms with Crippen molar-refractivity contribution < 1.29 is 23.4 Å². The molecule has 1 fully saturated rings. The molecule has 2 aliphatic heterocycles. The highest BCUT2D eigenvalue weighted by atomic mass is 32.2. The maximum atomic E-state index is 15.0. The van der Waals surface area contributed by atoms with E-state index in [1.165, 1.54) is 28.5 Å². The predicted octanol–water partition coefficient (Wildman–Crippen LogP) is 4.56. The fourth-order valence-corrected chi connectivity index (χ4v) is 6.52. The Kier molecular flexibility index (Phi) is 7.09. The maximum absolute atomic E-state index is 15.0. The second-order valence-corrected chi connectivity index (χ2v) is 12.2. The number of aromatic nitrogens is 2. The molecule has 3 aromatic rings. The average Bonchev–Trinajstić information content (AvgIpc) is 3.01. The molecule has 8 nitrogen and oxygen atoms in total. The Hall–Kier alpha value is -3.18. The predicted molar refractivity (Wildman–Crippen MR) is 147 cm³/mol. The van der Waals surface area contributed by atoms with Gasteiger partial charge >= 0.3 is 11.8 Å². The highest BCUT2D eigenvalue weighted by Crippen LogP contribution is 2.44. The minimum atomic E-state index is -0.807. The SMILES string of the molecule is Cc1cc2c(N3CCN(C(=O)OC(C)(C)C)C[C@@H]3C)nc(=O)n3c2c(c1-c1ccc(F)cc1F)SC[C@@H](O)C3. The van der Waals surface area contributed by atoms with Crippen molar-refractivity contribution in [2.24, 2.45) is 0 Å². The molecule has 1 N–H and O–H groups in total. The van der Waals surface area contributed by atoms with Crippen LogP contribution in [0.4, 0.5) is 19.4 Å². The number of amides is 1. The largest absolute Gasteiger partial charge is 0.444 e. The molecule has 3 heterocycles. The molecule has 0 saturated carbocycles. The molecular weight excluding hydrogens is 526 g/mol. The number of piperazine rings is 1. The summed E-state index contributed by atoms with van der Waals surface area (Å²) < 4.78 is 35.7. The third kappa shape index (κ3) is 5.21. The Morgan fingerprint density at radius 1 is 1.18 bits per heavy atom. The Morgan fingerprint density at radius 2 is 1.92 bits per heavy atom. The van der Waals surface area contributed by atoms with Gasteiger partial charge in [0.1, 0.15) is 23.1 Å². The number of thioether (sulfide) groups is 1. The molecular formula is C28H32F2N4O4S. The van der Waals surface area contributed by atoms with Crippen molar-refractivity contribution in [3.8, 4) is 11.1 Å². The number of halogens is 2. The lowest BCUT2D eigenvalue weighted by Gasteiger charge is -2.41. The summed E-state index contributed by atoms with van der Waals surface area (Å²) in [5, 5.41) is 11.3. The van der Waals surface area contributed by atoms with Crippen molar-refractivity contribution in [2.75, 3.05) is 30.3 Å². The highest BCUT2D eigenvalue weighted by Gasteiger charge is 2.33. The van der Waals surface area contributed by atoms with Gasteiger partial charge in [0.2, 0.25) is 0 Å². The molecule has 2 aromatic carbocycles. The van der Waals surface area contributed by atoms with E-state index in [4.69, 9.17) is 4.74 Å². The highest BCUT2D eigenvalue weighted by molar-refractivity contribution is 7.99. The number of hydrogen-bond donors (Lipinski definition) is 1. The van der Waals surface area contributed by atoms with Crippen molar-refractivity contribution >= 4 is 34.6 Å². The van der Waals surface area contributed by atoms with E-state index in [1.807, 2.05) is 45.6 Å². The van der Waals surface area contributed by atoms with Crippen LogP contribution < -0.4 is 10.6 Å². The lowest BCUT2D eigenvalue weighted by atomic mass is 9.97. The minimum Gasteiger partial charge on any atom is -0.444 e. The molecule has 1 aromatic heterocycles. The summed E-state index contributed by atoms with van der Waals surface area (Å²) in [6.45, 7) is 10.5. The van der Waals surface area contributed by atoms with Crippen LogP contribution in [-0.4, -0.2) is 68.8 Å². The molecule has 0 unspecified atom stereocenters. The quantitative estimate of drug-likeness (QED) is 0.493. The standard InChI is InChI=1S/C28H32F2N4O4S/c1-15-10-20-23-24(22(15)19-7-6-17(29)11-21(19)30)39-14-18(35)13-34(23)26(36)31-25(20)33-9-8-32(12-16(33)2)27(37)38-28(3,4)5/h6-7,10-11,16,18,35H,8-9,12-14H2,1-5H3/t16-,18-/m0/s1. The minimum absolute atomic E-state index is 0.0546. The van der Waals surface area contributed by atoms with E-state index in [9.17, 15) is 19.1 Å². The fraction of sp³-hybridized carbons (Fsp3) is 0.464. The van der Waals surface area contributed by atoms with Gasteiger partial charge in [-0.1, -0.05) is 0 Å². The summed E-state index contributed by atoms with van der Waals surface area (Å²) in [6, 6.07) is 5.17. The van der Waals surface area contributed by atoms with Gasteiger partial charge in [-0.15, -0.1) is 11.8 Å². The van der Waals surface area contributed by atoms with E-state index >= 15 is 4.39 Å². The first-order chi connectivity index (χ1) is 18.3. The van der Waals surface area contributed by atoms with Crippen molar-refractivity contribution in [2.45, 2.75) is 63.8 Å². The topological polar surface area (TPSA) is 87.9 Å². The molecule has 2 atom stereocenters. The van der Waals surface area contributed by atoms with E-state index in [0.29, 0.717) is 52.6 Å². The lowest BCUT2D eigenvalue weighted by molar-refractivity contribution is 0.0218. The fourth-order valence-electron chi connectivity index (χ4n) is 5.29. The lowest BCUT2D eigenvalue weighted by Crippen LogP contribution is -2.55. The van der Waals surface area contributed by atoms with Crippen LogP contribution in [-0.2, 0) is 11.3 Å². The number of anilines is 1. The Morgan fingerprint density at radius 3 is 2.59 bits per heavy atom. The van der Waals surface area contributed by atoms with Crippen LogP contribution >= 0.6 is 11.8 Å². The first-order valence-corrected chi connectivity index (χ1v) is 13.9. The number of ether oxygens (including phenoxy) is 1. The zero-order chi connectivity index (χ0) is 28.2. The smallest absolute Gasteiger partial charge is 0.410 e. The number of aryl methyl sites for hydroxylation is 1. The molecule has 0 spiro atoms. The summed E-state index contributed by atoms with van der Waals surface area (Å²) in [4.78, 5) is 34.8. The van der Waals surface area contributed by atoms with Crippen LogP contribution in [0.1, 0.15) is 33.3 Å². The van der Waals surface area contributed by atoms with Crippen LogP contribution in [0.3, 0.4) is 0 Å². The van der Waals surface area contributed by atoms with Gasteiger partial charge in [-0.05, 0) is 58.4 Å². The van der Waals surface area contributed by atoms with Crippen molar-refractivity contribution in [3.63, 3.8) is 0 Å². The van der Waals surface area contributed by atoms with Gasteiger partial charge in [-0.25, -0.2) is 18.4 Å². The first kappa shape index (κ1) is 27.4. The van der Waals surface area contributed by atoms with Gasteiger partial charge in [0.15, 0.2) is 0 Å². The summed E-state index contributed by atoms with van der Waals surface area (Å²) in [5.74, 6) is -0.591. The second-order valence-electron chi connectivity index (χ2n) is 11.2. The summed E-state index contributed by atoms with van der Waals surface area (Å²) in [5.41, 5.74) is 0.969. The molecule has 11 heteroatoms. The van der Waals surface area contributed by atoms with Crippen LogP contribution in [0.25, 0.3) is 22.0 Å². The normalized spacial score (nSPS) is 19.8. The molecule has 0 aliphatic carbocycles. The number of nitrogens with zero attached hydrogens (tertiary/aromatic N) is 4. The number of carbonyl (C=O) groups excluding carboxylic acids is 1. The van der Waals surface area contributed by atoms with Gasteiger partial charge in [0, 0.05) is 58.9 Å². The van der Waals surface area contributed by atoms with E-state index in [1.54, 1.807) is 4.90 Å². The maximum Gasteiger partial charge on any atom is 0.410 e. The molecule has 208 valence electrons. The number of hydrogen-bond acceptors (Lipinski definition) is 7. The molecule has 0 radical (unpaired) electrons. The zero-order valence-electron chi connectivity index (χ0n) is 22.6. The summed E-state index contributed by atoms with van der Waals surface area (Å²) >= 11 is 1.35. The van der Waals surface area contributed by atoms with Gasteiger partial charge in [0.25, 0.3) is 0 Å². The number of rotatable bonds is 2. The number of carbonyl (C=O) groups is 1. The Balaban J connectivity index is 1.64. The van der Waals surface area contributed by atoms with E-state index in [-0.39, 0.29) is 24.2 Å². The third-order valence-electron chi connectivity index (χ3n) is 6.96. The van der Waals surface area contributed by atoms with Crippen molar-refractivity contribution in [1.29, 1.82) is 0 Å². The molecule has 39 heavy (non-hydrogen) atoms. The van der Waals surface area contributed by atoms with E-state index < -0.39 is 29.0 Å². The monoisotopic (exact) mass is 558 g/mol. The van der Waals surface area contributed by atoms with Crippen molar-refractivity contribution in [3.05, 3.63) is 51.9 Å². The third-order valence-corrected chi connectivity index (χ3v) is 8.20. The van der Waals surface area contributed by atoms with Gasteiger partial charge < -0.3 is 19.6 Å². The first-order valence-electron chi connectivity index (χ1n) is 12.9. The van der Waals surface area contributed by atoms with Gasteiger partial charge in [-0.3, -0.25) is 4.57 Å². The Labute approximate surface area is 229 Å². The van der Waals surface area contributed by atoms with Crippen LogP contribution in [0.5, 0.6) is 0 Å². The van der Waals surface area contributed by atoms with Crippen LogP contribution in [0.15, 0.2) is 34.0 Å². The number of benzene rings is 2. The van der Waals surface area contributed by atoms with Crippen LogP contribution in [0.2, 0.25) is 0 Å². The Bertz CT molecular complexity index is 1520. The molecule has 1 saturated heterocycles. The molecule has 2 aliphatic rings. The van der Waals surface area contributed by atoms with Crippen molar-refractivity contribution in [1.82, 2.24) is 14.5 Å².